The van der Waals surface area contributed by atoms with Crippen molar-refractivity contribution in [3.63, 3.8) is 0 Å². The summed E-state index contributed by atoms with van der Waals surface area (Å²) in [5, 5.41) is 3.55. The molecule has 1 spiro atoms. The highest BCUT2D eigenvalue weighted by Gasteiger charge is 2.43. The van der Waals surface area contributed by atoms with Crippen LogP contribution >= 0.6 is 0 Å². The summed E-state index contributed by atoms with van der Waals surface area (Å²) in [6.07, 6.45) is 2.51. The Labute approximate surface area is 145 Å². The summed E-state index contributed by atoms with van der Waals surface area (Å²) in [4.78, 5) is 2.61. The molecule has 2 aliphatic rings. The number of nitrogens with one attached hydrogen (secondary N) is 1. The van der Waals surface area contributed by atoms with E-state index in [1.165, 1.54) is 36.2 Å². The lowest BCUT2D eigenvalue weighted by Crippen LogP contribution is -2.43. The Morgan fingerprint density at radius 2 is 1.79 bits per heavy atom. The maximum Gasteiger partial charge on any atom is 0.0429 e. The second kappa shape index (κ2) is 6.25. The second-order valence-corrected chi connectivity index (χ2v) is 7.80. The Balaban J connectivity index is 1.72. The van der Waals surface area contributed by atoms with Crippen LogP contribution in [0.4, 0.5) is 5.69 Å². The Kier molecular flexibility index (Phi) is 4.09. The first-order valence-electron chi connectivity index (χ1n) is 9.32. The molecule has 2 heteroatoms. The summed E-state index contributed by atoms with van der Waals surface area (Å²) < 4.78 is 0. The first-order chi connectivity index (χ1) is 11.7. The molecule has 0 bridgehead atoms. The van der Waals surface area contributed by atoms with Gasteiger partial charge in [-0.2, -0.15) is 0 Å². The molecular formula is C22H28N2. The molecule has 2 aliphatic heterocycles. The first-order valence-corrected chi connectivity index (χ1v) is 9.32. The van der Waals surface area contributed by atoms with Gasteiger partial charge < -0.3 is 10.2 Å². The monoisotopic (exact) mass is 320 g/mol. The van der Waals surface area contributed by atoms with Crippen LogP contribution < -0.4 is 10.2 Å². The highest BCUT2D eigenvalue weighted by molar-refractivity contribution is 5.64. The molecule has 0 aliphatic carbocycles. The van der Waals surface area contributed by atoms with Gasteiger partial charge in [-0.1, -0.05) is 56.3 Å². The lowest BCUT2D eigenvalue weighted by molar-refractivity contribution is 0.324. The zero-order chi connectivity index (χ0) is 16.6. The quantitative estimate of drug-likeness (QED) is 0.899. The normalized spacial score (nSPS) is 19.0. The van der Waals surface area contributed by atoms with E-state index in [0.717, 1.165) is 19.6 Å². The van der Waals surface area contributed by atoms with Crippen molar-refractivity contribution in [1.82, 2.24) is 5.32 Å². The Morgan fingerprint density at radius 1 is 1.04 bits per heavy atom. The maximum atomic E-state index is 3.55. The Morgan fingerprint density at radius 3 is 2.50 bits per heavy atom. The number of rotatable bonds is 3. The van der Waals surface area contributed by atoms with Gasteiger partial charge in [-0.05, 0) is 54.6 Å². The molecule has 1 saturated heterocycles. The zero-order valence-corrected chi connectivity index (χ0v) is 14.9. The van der Waals surface area contributed by atoms with E-state index in [4.69, 9.17) is 0 Å². The minimum Gasteiger partial charge on any atom is -0.366 e. The summed E-state index contributed by atoms with van der Waals surface area (Å²) in [6, 6.07) is 18.1. The van der Waals surface area contributed by atoms with Gasteiger partial charge in [0.2, 0.25) is 0 Å². The van der Waals surface area contributed by atoms with Crippen LogP contribution in [-0.2, 0) is 12.0 Å². The van der Waals surface area contributed by atoms with Crippen LogP contribution in [0, 0.1) is 0 Å². The maximum absolute atomic E-state index is 3.55. The highest BCUT2D eigenvalue weighted by atomic mass is 15.2. The SMILES string of the molecule is CC(C)c1ccc2c(c1)C1(CCNCC1)CN2Cc1ccccc1. The van der Waals surface area contributed by atoms with Crippen LogP contribution in [0.2, 0.25) is 0 Å². The number of piperidine rings is 1. The summed E-state index contributed by atoms with van der Waals surface area (Å²) in [5.41, 5.74) is 6.30. The standard InChI is InChI=1S/C22H28N2/c1-17(2)19-8-9-21-20(14-19)22(10-12-23-13-11-22)16-24(21)15-18-6-4-3-5-7-18/h3-9,14,17,23H,10-13,15-16H2,1-2H3. The van der Waals surface area contributed by atoms with Crippen LogP contribution in [0.3, 0.4) is 0 Å². The second-order valence-electron chi connectivity index (χ2n) is 7.80. The number of hydrogen-bond donors (Lipinski definition) is 1. The van der Waals surface area contributed by atoms with Gasteiger partial charge in [-0.15, -0.1) is 0 Å². The van der Waals surface area contributed by atoms with Gasteiger partial charge in [-0.25, -0.2) is 0 Å². The molecular weight excluding hydrogens is 292 g/mol. The van der Waals surface area contributed by atoms with E-state index in [1.807, 2.05) is 0 Å². The minimum atomic E-state index is 0.347. The average Bonchev–Trinajstić information content (AvgIpc) is 2.89. The molecule has 1 fully saturated rings. The van der Waals surface area contributed by atoms with Crippen molar-refractivity contribution in [2.45, 2.75) is 44.6 Å². The predicted molar refractivity (Wildman–Crippen MR) is 102 cm³/mol. The van der Waals surface area contributed by atoms with Crippen LogP contribution in [0.5, 0.6) is 0 Å². The van der Waals surface area contributed by atoms with Crippen molar-refractivity contribution in [3.8, 4) is 0 Å². The fourth-order valence-electron chi connectivity index (χ4n) is 4.43. The van der Waals surface area contributed by atoms with Crippen molar-refractivity contribution in [1.29, 1.82) is 0 Å². The molecule has 0 unspecified atom stereocenters. The van der Waals surface area contributed by atoms with Crippen molar-refractivity contribution >= 4 is 5.69 Å². The molecule has 126 valence electrons. The predicted octanol–water partition coefficient (Wildman–Crippen LogP) is 4.45. The van der Waals surface area contributed by atoms with Gasteiger partial charge in [0, 0.05) is 24.2 Å². The molecule has 0 aromatic heterocycles. The number of nitrogens with zero attached hydrogens (tertiary/aromatic N) is 1. The van der Waals surface area contributed by atoms with Crippen molar-refractivity contribution in [3.05, 3.63) is 65.2 Å². The van der Waals surface area contributed by atoms with E-state index in [-0.39, 0.29) is 0 Å². The summed E-state index contributed by atoms with van der Waals surface area (Å²) in [5.74, 6) is 0.595. The first kappa shape index (κ1) is 15.7. The summed E-state index contributed by atoms with van der Waals surface area (Å²) in [7, 11) is 0. The van der Waals surface area contributed by atoms with E-state index in [0.29, 0.717) is 11.3 Å². The zero-order valence-electron chi connectivity index (χ0n) is 14.9. The van der Waals surface area contributed by atoms with Crippen molar-refractivity contribution in [2.75, 3.05) is 24.5 Å². The number of benzene rings is 2. The molecule has 0 amide bonds. The molecule has 2 nitrogen and oxygen atoms in total. The Hall–Kier alpha value is -1.80. The molecule has 2 aromatic rings. The third-order valence-electron chi connectivity index (χ3n) is 5.87. The molecule has 2 aromatic carbocycles. The van der Waals surface area contributed by atoms with Crippen LogP contribution in [0.25, 0.3) is 0 Å². The highest BCUT2D eigenvalue weighted by Crippen LogP contribution is 2.47. The fraction of sp³-hybridized carbons (Fsp3) is 0.455. The van der Waals surface area contributed by atoms with E-state index in [2.05, 4.69) is 72.6 Å². The van der Waals surface area contributed by atoms with Crippen LogP contribution in [-0.4, -0.2) is 19.6 Å². The number of anilines is 1. The smallest absolute Gasteiger partial charge is 0.0429 e. The van der Waals surface area contributed by atoms with E-state index < -0.39 is 0 Å². The Bertz CT molecular complexity index is 699. The molecule has 0 saturated carbocycles. The number of hydrogen-bond acceptors (Lipinski definition) is 2. The van der Waals surface area contributed by atoms with Gasteiger partial charge in [0.25, 0.3) is 0 Å². The van der Waals surface area contributed by atoms with Crippen molar-refractivity contribution < 1.29 is 0 Å². The van der Waals surface area contributed by atoms with Gasteiger partial charge in [0.1, 0.15) is 0 Å². The van der Waals surface area contributed by atoms with Gasteiger partial charge in [0.05, 0.1) is 0 Å². The van der Waals surface area contributed by atoms with Gasteiger partial charge >= 0.3 is 0 Å². The summed E-state index contributed by atoms with van der Waals surface area (Å²) in [6.45, 7) is 9.07. The third kappa shape index (κ3) is 2.73. The average molecular weight is 320 g/mol. The molecule has 0 radical (unpaired) electrons. The molecule has 1 N–H and O–H groups in total. The van der Waals surface area contributed by atoms with Crippen LogP contribution in [0.1, 0.15) is 49.3 Å². The number of fused-ring (bicyclic) bond motifs is 2. The van der Waals surface area contributed by atoms with Crippen LogP contribution in [0.15, 0.2) is 48.5 Å². The van der Waals surface area contributed by atoms with E-state index >= 15 is 0 Å². The van der Waals surface area contributed by atoms with E-state index in [9.17, 15) is 0 Å². The van der Waals surface area contributed by atoms with Gasteiger partial charge in [0.15, 0.2) is 0 Å². The molecule has 2 heterocycles. The summed E-state index contributed by atoms with van der Waals surface area (Å²) >= 11 is 0. The molecule has 0 atom stereocenters. The van der Waals surface area contributed by atoms with Gasteiger partial charge in [-0.3, -0.25) is 0 Å². The molecule has 24 heavy (non-hydrogen) atoms. The largest absolute Gasteiger partial charge is 0.366 e. The topological polar surface area (TPSA) is 15.3 Å². The lowest BCUT2D eigenvalue weighted by atomic mass is 9.74. The van der Waals surface area contributed by atoms with Crippen molar-refractivity contribution in [2.24, 2.45) is 0 Å². The third-order valence-corrected chi connectivity index (χ3v) is 5.87. The lowest BCUT2D eigenvalue weighted by Gasteiger charge is -2.35. The fourth-order valence-corrected chi connectivity index (χ4v) is 4.43. The molecule has 4 rings (SSSR count). The van der Waals surface area contributed by atoms with E-state index in [1.54, 1.807) is 5.56 Å². The minimum absolute atomic E-state index is 0.347.